The van der Waals surface area contributed by atoms with Crippen LogP contribution in [0.5, 0.6) is 0 Å². The number of hydrogen-bond donors (Lipinski definition) is 2. The average Bonchev–Trinajstić information content (AvgIpc) is 3.14. The fraction of sp³-hybridized carbons (Fsp3) is 0.381. The summed E-state index contributed by atoms with van der Waals surface area (Å²) in [6, 6.07) is 7.27. The van der Waals surface area contributed by atoms with E-state index in [0.717, 1.165) is 23.2 Å². The number of nitrogens with zero attached hydrogens (tertiary/aromatic N) is 7. The molecule has 10 heteroatoms. The number of nitrogens with two attached hydrogens (primary N) is 1. The van der Waals surface area contributed by atoms with Gasteiger partial charge in [0, 0.05) is 38.4 Å². The standard InChI is InChI=1S/C21H25N9O/c1-4-15-12-29(21(31)25-17-6-5-14(10-22)9-13(17)2)7-8-30(15)19-16-11-24-28(3)18(16)26-20(23)27-19/h5-6,9,11,15H,4,7-8,12H2,1-3H3,(H,25,31)(H2,23,26,27)/t15-/m0/s1. The van der Waals surface area contributed by atoms with Crippen molar-refractivity contribution in [2.75, 3.05) is 35.6 Å². The molecule has 2 amide bonds. The van der Waals surface area contributed by atoms with Gasteiger partial charge in [0.1, 0.15) is 5.82 Å². The molecular formula is C21H25N9O. The van der Waals surface area contributed by atoms with Crippen LogP contribution in [0.25, 0.3) is 11.0 Å². The molecule has 1 aliphatic heterocycles. The van der Waals surface area contributed by atoms with Crippen LogP contribution in [0.1, 0.15) is 24.5 Å². The van der Waals surface area contributed by atoms with Crippen LogP contribution in [0.4, 0.5) is 22.2 Å². The lowest BCUT2D eigenvalue weighted by molar-refractivity contribution is 0.197. The second-order valence-corrected chi connectivity index (χ2v) is 7.68. The van der Waals surface area contributed by atoms with E-state index in [0.29, 0.717) is 36.5 Å². The molecule has 1 aliphatic rings. The molecule has 0 saturated carbocycles. The molecule has 3 heterocycles. The van der Waals surface area contributed by atoms with E-state index in [1.807, 2.05) is 18.9 Å². The maximum absolute atomic E-state index is 12.9. The maximum atomic E-state index is 12.9. The van der Waals surface area contributed by atoms with Crippen molar-refractivity contribution < 1.29 is 4.79 Å². The number of fused-ring (bicyclic) bond motifs is 1. The number of piperazine rings is 1. The highest BCUT2D eigenvalue weighted by Crippen LogP contribution is 2.28. The monoisotopic (exact) mass is 419 g/mol. The van der Waals surface area contributed by atoms with E-state index in [9.17, 15) is 4.79 Å². The minimum Gasteiger partial charge on any atom is -0.368 e. The average molecular weight is 419 g/mol. The smallest absolute Gasteiger partial charge is 0.321 e. The first-order valence-electron chi connectivity index (χ1n) is 10.2. The van der Waals surface area contributed by atoms with E-state index in [2.05, 4.69) is 38.3 Å². The number of nitrogen functional groups attached to an aromatic ring is 1. The Balaban J connectivity index is 1.53. The summed E-state index contributed by atoms with van der Waals surface area (Å²) in [4.78, 5) is 25.7. The third kappa shape index (κ3) is 3.82. The van der Waals surface area contributed by atoms with Crippen molar-refractivity contribution in [3.63, 3.8) is 0 Å². The summed E-state index contributed by atoms with van der Waals surface area (Å²) in [7, 11) is 1.82. The lowest BCUT2D eigenvalue weighted by Gasteiger charge is -2.42. The van der Waals surface area contributed by atoms with E-state index in [1.54, 1.807) is 29.1 Å². The van der Waals surface area contributed by atoms with E-state index in [4.69, 9.17) is 11.0 Å². The summed E-state index contributed by atoms with van der Waals surface area (Å²) in [5, 5.41) is 17.1. The van der Waals surface area contributed by atoms with Gasteiger partial charge >= 0.3 is 6.03 Å². The number of rotatable bonds is 3. The van der Waals surface area contributed by atoms with Crippen molar-refractivity contribution in [3.8, 4) is 6.07 Å². The first kappa shape index (κ1) is 20.4. The van der Waals surface area contributed by atoms with Gasteiger partial charge in [-0.15, -0.1) is 0 Å². The Kier molecular flexibility index (Phi) is 5.33. The Morgan fingerprint density at radius 2 is 2.16 bits per heavy atom. The van der Waals surface area contributed by atoms with Gasteiger partial charge in [0.05, 0.1) is 23.2 Å². The van der Waals surface area contributed by atoms with E-state index >= 15 is 0 Å². The quantitative estimate of drug-likeness (QED) is 0.666. The highest BCUT2D eigenvalue weighted by atomic mass is 16.2. The molecular weight excluding hydrogens is 394 g/mol. The van der Waals surface area contributed by atoms with Gasteiger partial charge in [-0.2, -0.15) is 20.3 Å². The topological polar surface area (TPSA) is 129 Å². The van der Waals surface area contributed by atoms with Gasteiger partial charge in [0.25, 0.3) is 0 Å². The maximum Gasteiger partial charge on any atom is 0.321 e. The number of nitrogens with one attached hydrogen (secondary N) is 1. The van der Waals surface area contributed by atoms with Crippen LogP contribution in [-0.4, -0.2) is 56.4 Å². The van der Waals surface area contributed by atoms with Gasteiger partial charge in [-0.3, -0.25) is 4.68 Å². The molecule has 0 unspecified atom stereocenters. The summed E-state index contributed by atoms with van der Waals surface area (Å²) >= 11 is 0. The largest absolute Gasteiger partial charge is 0.368 e. The zero-order valence-electron chi connectivity index (χ0n) is 17.8. The van der Waals surface area contributed by atoms with Crippen molar-refractivity contribution in [2.45, 2.75) is 26.3 Å². The summed E-state index contributed by atoms with van der Waals surface area (Å²) < 4.78 is 1.68. The number of nitriles is 1. The molecule has 1 saturated heterocycles. The fourth-order valence-corrected chi connectivity index (χ4v) is 3.98. The number of aryl methyl sites for hydroxylation is 2. The Labute approximate surface area is 180 Å². The summed E-state index contributed by atoms with van der Waals surface area (Å²) in [6.07, 6.45) is 2.59. The molecule has 0 bridgehead atoms. The molecule has 0 spiro atoms. The molecule has 4 rings (SSSR count). The van der Waals surface area contributed by atoms with Gasteiger partial charge in [-0.05, 0) is 37.1 Å². The van der Waals surface area contributed by atoms with E-state index in [1.165, 1.54) is 0 Å². The van der Waals surface area contributed by atoms with E-state index < -0.39 is 0 Å². The number of aromatic nitrogens is 4. The van der Waals surface area contributed by atoms with Crippen LogP contribution in [0.3, 0.4) is 0 Å². The SMILES string of the molecule is CC[C@H]1CN(C(=O)Nc2ccc(C#N)cc2C)CCN1c1nc(N)nc2c1cnn2C. The van der Waals surface area contributed by atoms with Crippen molar-refractivity contribution in [1.82, 2.24) is 24.6 Å². The molecule has 0 radical (unpaired) electrons. The third-order valence-electron chi connectivity index (χ3n) is 5.70. The number of amides is 2. The number of anilines is 3. The molecule has 2 aromatic heterocycles. The molecule has 10 nitrogen and oxygen atoms in total. The first-order valence-corrected chi connectivity index (χ1v) is 10.2. The lowest BCUT2D eigenvalue weighted by atomic mass is 10.1. The highest BCUT2D eigenvalue weighted by molar-refractivity contribution is 5.91. The van der Waals surface area contributed by atoms with Crippen LogP contribution in [-0.2, 0) is 7.05 Å². The highest BCUT2D eigenvalue weighted by Gasteiger charge is 2.31. The molecule has 0 aliphatic carbocycles. The van der Waals surface area contributed by atoms with Crippen LogP contribution < -0.4 is 16.0 Å². The summed E-state index contributed by atoms with van der Waals surface area (Å²) in [6.45, 7) is 5.70. The first-order chi connectivity index (χ1) is 14.9. The minimum atomic E-state index is -0.153. The van der Waals surface area contributed by atoms with Gasteiger partial charge in [0.15, 0.2) is 5.65 Å². The number of benzene rings is 1. The summed E-state index contributed by atoms with van der Waals surface area (Å²) in [5.74, 6) is 0.961. The second kappa shape index (κ2) is 8.10. The van der Waals surface area contributed by atoms with Gasteiger partial charge < -0.3 is 20.9 Å². The number of urea groups is 1. The Bertz CT molecular complexity index is 1180. The number of carbonyl (C=O) groups excluding carboxylic acids is 1. The fourth-order valence-electron chi connectivity index (χ4n) is 3.98. The molecule has 160 valence electrons. The van der Waals surface area contributed by atoms with Crippen molar-refractivity contribution in [1.29, 1.82) is 5.26 Å². The second-order valence-electron chi connectivity index (χ2n) is 7.68. The number of hydrogen-bond acceptors (Lipinski definition) is 7. The third-order valence-corrected chi connectivity index (χ3v) is 5.70. The van der Waals surface area contributed by atoms with Crippen LogP contribution in [0.2, 0.25) is 0 Å². The lowest BCUT2D eigenvalue weighted by Crippen LogP contribution is -2.56. The van der Waals surface area contributed by atoms with Gasteiger partial charge in [0.2, 0.25) is 5.95 Å². The van der Waals surface area contributed by atoms with Crippen molar-refractivity contribution >= 4 is 34.5 Å². The minimum absolute atomic E-state index is 0.0827. The predicted molar refractivity (Wildman–Crippen MR) is 119 cm³/mol. The predicted octanol–water partition coefficient (Wildman–Crippen LogP) is 2.26. The van der Waals surface area contributed by atoms with E-state index in [-0.39, 0.29) is 18.0 Å². The molecule has 1 aromatic carbocycles. The number of carbonyl (C=O) groups is 1. The molecule has 1 atom stereocenters. The molecule has 3 N–H and O–H groups in total. The van der Waals surface area contributed by atoms with Crippen molar-refractivity contribution in [3.05, 3.63) is 35.5 Å². The Morgan fingerprint density at radius 1 is 1.35 bits per heavy atom. The van der Waals surface area contributed by atoms with Crippen LogP contribution >= 0.6 is 0 Å². The summed E-state index contributed by atoms with van der Waals surface area (Å²) in [5.41, 5.74) is 8.78. The molecule has 31 heavy (non-hydrogen) atoms. The zero-order valence-corrected chi connectivity index (χ0v) is 17.8. The van der Waals surface area contributed by atoms with Gasteiger partial charge in [-0.25, -0.2) is 4.79 Å². The molecule has 3 aromatic rings. The molecule has 1 fully saturated rings. The zero-order chi connectivity index (χ0) is 22.1. The van der Waals surface area contributed by atoms with Gasteiger partial charge in [-0.1, -0.05) is 6.92 Å². The normalized spacial score (nSPS) is 16.4. The Morgan fingerprint density at radius 3 is 2.87 bits per heavy atom. The van der Waals surface area contributed by atoms with Crippen LogP contribution in [0, 0.1) is 18.3 Å². The Hall–Kier alpha value is -3.87. The van der Waals surface area contributed by atoms with Crippen LogP contribution in [0.15, 0.2) is 24.4 Å². The van der Waals surface area contributed by atoms with Crippen molar-refractivity contribution in [2.24, 2.45) is 7.05 Å².